The lowest BCUT2D eigenvalue weighted by atomic mass is 10.1. The second kappa shape index (κ2) is 6.01. The zero-order chi connectivity index (χ0) is 13.0. The Morgan fingerprint density at radius 3 is 2.44 bits per heavy atom. The number of carbonyl (C=O) groups is 1. The highest BCUT2D eigenvalue weighted by molar-refractivity contribution is 5.80. The van der Waals surface area contributed by atoms with E-state index in [1.54, 1.807) is 0 Å². The fraction of sp³-hybridized carbons (Fsp3) is 0.533. The van der Waals surface area contributed by atoms with Crippen molar-refractivity contribution < 1.29 is 4.79 Å². The number of aryl methyl sites for hydroxylation is 2. The van der Waals surface area contributed by atoms with Gasteiger partial charge in [0.15, 0.2) is 0 Å². The first-order valence-corrected chi connectivity index (χ1v) is 6.71. The Bertz CT molecular complexity index is 404. The van der Waals surface area contributed by atoms with Crippen molar-refractivity contribution in [3.63, 3.8) is 0 Å². The predicted octanol–water partition coefficient (Wildman–Crippen LogP) is 1.92. The van der Waals surface area contributed by atoms with E-state index < -0.39 is 0 Å². The summed E-state index contributed by atoms with van der Waals surface area (Å²) in [6.07, 6.45) is 2.14. The normalized spacial score (nSPS) is 14.6. The van der Waals surface area contributed by atoms with Crippen LogP contribution in [-0.2, 0) is 11.3 Å². The van der Waals surface area contributed by atoms with Crippen LogP contribution in [0, 0.1) is 19.8 Å². The van der Waals surface area contributed by atoms with Gasteiger partial charge in [-0.15, -0.1) is 0 Å². The minimum Gasteiger partial charge on any atom is -0.355 e. The van der Waals surface area contributed by atoms with Gasteiger partial charge in [-0.05, 0) is 32.3 Å². The van der Waals surface area contributed by atoms with Gasteiger partial charge in [-0.1, -0.05) is 29.3 Å². The van der Waals surface area contributed by atoms with Gasteiger partial charge in [-0.25, -0.2) is 0 Å². The SMILES string of the molecule is Cc1cc(C)cc(CNCCNC(=O)C2CC2)c1. The van der Waals surface area contributed by atoms with Crippen molar-refractivity contribution in [2.75, 3.05) is 13.1 Å². The first-order chi connectivity index (χ1) is 8.65. The van der Waals surface area contributed by atoms with E-state index in [-0.39, 0.29) is 5.91 Å². The van der Waals surface area contributed by atoms with Crippen LogP contribution >= 0.6 is 0 Å². The lowest BCUT2D eigenvalue weighted by Crippen LogP contribution is -2.32. The molecule has 0 heterocycles. The molecule has 2 N–H and O–H groups in total. The number of rotatable bonds is 6. The van der Waals surface area contributed by atoms with E-state index in [1.165, 1.54) is 16.7 Å². The summed E-state index contributed by atoms with van der Waals surface area (Å²) in [6.45, 7) is 6.64. The maximum Gasteiger partial charge on any atom is 0.223 e. The van der Waals surface area contributed by atoms with Crippen LogP contribution in [0.15, 0.2) is 18.2 Å². The van der Waals surface area contributed by atoms with Crippen LogP contribution in [-0.4, -0.2) is 19.0 Å². The van der Waals surface area contributed by atoms with Gasteiger partial charge < -0.3 is 10.6 Å². The van der Waals surface area contributed by atoms with Crippen LogP contribution in [0.1, 0.15) is 29.5 Å². The quantitative estimate of drug-likeness (QED) is 0.753. The summed E-state index contributed by atoms with van der Waals surface area (Å²) in [6, 6.07) is 6.57. The average Bonchev–Trinajstić information content (AvgIpc) is 3.10. The van der Waals surface area contributed by atoms with Crippen LogP contribution in [0.25, 0.3) is 0 Å². The molecular formula is C15H22N2O. The fourth-order valence-electron chi connectivity index (χ4n) is 2.17. The van der Waals surface area contributed by atoms with Crippen molar-refractivity contribution in [1.29, 1.82) is 0 Å². The average molecular weight is 246 g/mol. The smallest absolute Gasteiger partial charge is 0.223 e. The zero-order valence-electron chi connectivity index (χ0n) is 11.3. The van der Waals surface area contributed by atoms with E-state index in [1.807, 2.05) is 0 Å². The fourth-order valence-corrected chi connectivity index (χ4v) is 2.17. The predicted molar refractivity (Wildman–Crippen MR) is 73.4 cm³/mol. The molecule has 1 aliphatic carbocycles. The molecule has 0 atom stereocenters. The summed E-state index contributed by atoms with van der Waals surface area (Å²) < 4.78 is 0. The summed E-state index contributed by atoms with van der Waals surface area (Å²) in [5.74, 6) is 0.535. The molecule has 3 heteroatoms. The van der Waals surface area contributed by atoms with Crippen molar-refractivity contribution >= 4 is 5.91 Å². The Kier molecular flexibility index (Phi) is 4.37. The van der Waals surface area contributed by atoms with Gasteiger partial charge in [0, 0.05) is 25.6 Å². The van der Waals surface area contributed by atoms with Gasteiger partial charge in [0.25, 0.3) is 0 Å². The molecule has 1 saturated carbocycles. The molecule has 1 amide bonds. The van der Waals surface area contributed by atoms with Crippen molar-refractivity contribution in [2.45, 2.75) is 33.2 Å². The van der Waals surface area contributed by atoms with Gasteiger partial charge in [0.1, 0.15) is 0 Å². The molecule has 1 fully saturated rings. The molecule has 0 aliphatic heterocycles. The van der Waals surface area contributed by atoms with Gasteiger partial charge in [0.05, 0.1) is 0 Å². The molecule has 2 rings (SSSR count). The Labute approximate surface area is 109 Å². The Balaban J connectivity index is 1.63. The number of hydrogen-bond donors (Lipinski definition) is 2. The summed E-state index contributed by atoms with van der Waals surface area (Å²) >= 11 is 0. The van der Waals surface area contributed by atoms with Crippen molar-refractivity contribution in [2.24, 2.45) is 5.92 Å². The van der Waals surface area contributed by atoms with Crippen LogP contribution in [0.2, 0.25) is 0 Å². The van der Waals surface area contributed by atoms with Gasteiger partial charge >= 0.3 is 0 Å². The lowest BCUT2D eigenvalue weighted by molar-refractivity contribution is -0.122. The molecule has 0 spiro atoms. The number of nitrogens with one attached hydrogen (secondary N) is 2. The molecule has 0 saturated heterocycles. The summed E-state index contributed by atoms with van der Waals surface area (Å²) in [7, 11) is 0. The number of carbonyl (C=O) groups excluding carboxylic acids is 1. The number of benzene rings is 1. The van der Waals surface area contributed by atoms with E-state index in [2.05, 4.69) is 42.7 Å². The Hall–Kier alpha value is -1.35. The van der Waals surface area contributed by atoms with Crippen molar-refractivity contribution in [1.82, 2.24) is 10.6 Å². The largest absolute Gasteiger partial charge is 0.355 e. The summed E-state index contributed by atoms with van der Waals surface area (Å²) in [5, 5.41) is 6.31. The zero-order valence-corrected chi connectivity index (χ0v) is 11.3. The molecule has 0 bridgehead atoms. The topological polar surface area (TPSA) is 41.1 Å². The van der Waals surface area contributed by atoms with Gasteiger partial charge in [0.2, 0.25) is 5.91 Å². The molecule has 3 nitrogen and oxygen atoms in total. The standard InChI is InChI=1S/C15H22N2O/c1-11-7-12(2)9-13(8-11)10-16-5-6-17-15(18)14-3-4-14/h7-9,14,16H,3-6,10H2,1-2H3,(H,17,18). The first-order valence-electron chi connectivity index (χ1n) is 6.71. The molecule has 1 aliphatic rings. The third-order valence-electron chi connectivity index (χ3n) is 3.16. The number of hydrogen-bond acceptors (Lipinski definition) is 2. The van der Waals surface area contributed by atoms with E-state index in [9.17, 15) is 4.79 Å². The monoisotopic (exact) mass is 246 g/mol. The lowest BCUT2D eigenvalue weighted by Gasteiger charge is -2.08. The second-order valence-corrected chi connectivity index (χ2v) is 5.24. The maximum atomic E-state index is 11.4. The third-order valence-corrected chi connectivity index (χ3v) is 3.16. The van der Waals surface area contributed by atoms with Crippen molar-refractivity contribution in [3.8, 4) is 0 Å². The third kappa shape index (κ3) is 4.15. The Morgan fingerprint density at radius 2 is 1.83 bits per heavy atom. The van der Waals surface area contributed by atoms with Gasteiger partial charge in [-0.3, -0.25) is 4.79 Å². The van der Waals surface area contributed by atoms with E-state index in [0.29, 0.717) is 5.92 Å². The molecule has 0 unspecified atom stereocenters. The summed E-state index contributed by atoms with van der Waals surface area (Å²) in [4.78, 5) is 11.4. The molecule has 98 valence electrons. The molecule has 0 aromatic heterocycles. The molecule has 1 aromatic carbocycles. The maximum absolute atomic E-state index is 11.4. The van der Waals surface area contributed by atoms with Crippen LogP contribution in [0.4, 0.5) is 0 Å². The highest BCUT2D eigenvalue weighted by Gasteiger charge is 2.28. The Morgan fingerprint density at radius 1 is 1.17 bits per heavy atom. The van der Waals surface area contributed by atoms with E-state index in [0.717, 1.165) is 32.5 Å². The number of amides is 1. The highest BCUT2D eigenvalue weighted by atomic mass is 16.2. The minimum atomic E-state index is 0.225. The van der Waals surface area contributed by atoms with Crippen LogP contribution in [0.5, 0.6) is 0 Å². The second-order valence-electron chi connectivity index (χ2n) is 5.24. The first kappa shape index (κ1) is 13.1. The van der Waals surface area contributed by atoms with Crippen LogP contribution < -0.4 is 10.6 Å². The minimum absolute atomic E-state index is 0.225. The highest BCUT2D eigenvalue weighted by Crippen LogP contribution is 2.28. The van der Waals surface area contributed by atoms with Gasteiger partial charge in [-0.2, -0.15) is 0 Å². The molecule has 18 heavy (non-hydrogen) atoms. The van der Waals surface area contributed by atoms with E-state index >= 15 is 0 Å². The molecule has 1 aromatic rings. The van der Waals surface area contributed by atoms with Crippen molar-refractivity contribution in [3.05, 3.63) is 34.9 Å². The molecular weight excluding hydrogens is 224 g/mol. The summed E-state index contributed by atoms with van der Waals surface area (Å²) in [5.41, 5.74) is 3.91. The van der Waals surface area contributed by atoms with Crippen LogP contribution in [0.3, 0.4) is 0 Å². The van der Waals surface area contributed by atoms with E-state index in [4.69, 9.17) is 0 Å². The molecule has 0 radical (unpaired) electrons.